The van der Waals surface area contributed by atoms with E-state index in [1.165, 1.54) is 0 Å². The van der Waals surface area contributed by atoms with Crippen molar-refractivity contribution in [2.45, 2.75) is 32.2 Å². The van der Waals surface area contributed by atoms with Gasteiger partial charge in [-0.05, 0) is 38.9 Å². The summed E-state index contributed by atoms with van der Waals surface area (Å²) in [6.07, 6.45) is 3.01. The maximum absolute atomic E-state index is 11.3. The Labute approximate surface area is 101 Å². The minimum Gasteiger partial charge on any atom is -0.303 e. The summed E-state index contributed by atoms with van der Waals surface area (Å²) in [6.45, 7) is 5.30. The van der Waals surface area contributed by atoms with Crippen LogP contribution in [0.15, 0.2) is 0 Å². The van der Waals surface area contributed by atoms with Crippen molar-refractivity contribution >= 4 is 26.0 Å². The molecule has 0 unspecified atom stereocenters. The molecule has 1 fully saturated rings. The molecule has 0 spiro atoms. The Hall–Kier alpha value is 0.350. The van der Waals surface area contributed by atoms with Crippen molar-refractivity contribution in [1.29, 1.82) is 0 Å². The number of likely N-dealkylation sites (tertiary alicyclic amines) is 1. The average molecular weight is 299 g/mol. The topological polar surface area (TPSA) is 49.4 Å². The molecule has 0 aromatic carbocycles. The molecular weight excluding hydrogens is 280 g/mol. The van der Waals surface area contributed by atoms with E-state index >= 15 is 0 Å². The van der Waals surface area contributed by atoms with Gasteiger partial charge in [0.05, 0.1) is 0 Å². The second-order valence-corrected chi connectivity index (χ2v) is 7.01. The number of alkyl halides is 1. The van der Waals surface area contributed by atoms with Crippen molar-refractivity contribution in [2.75, 3.05) is 24.3 Å². The minimum absolute atomic E-state index is 0.00479. The number of sulfonamides is 1. The molecule has 0 aromatic heterocycles. The third-order valence-corrected chi connectivity index (χ3v) is 5.41. The molecule has 1 aliphatic heterocycles. The molecule has 0 aliphatic carbocycles. The Morgan fingerprint density at radius 2 is 2.00 bits per heavy atom. The van der Waals surface area contributed by atoms with E-state index in [-0.39, 0.29) is 10.7 Å². The zero-order valence-corrected chi connectivity index (χ0v) is 11.5. The molecule has 0 atom stereocenters. The molecule has 0 aromatic rings. The summed E-state index contributed by atoms with van der Waals surface area (Å²) in [7, 11) is -3.10. The first-order valence-corrected chi connectivity index (χ1v) is 8.13. The van der Waals surface area contributed by atoms with Crippen LogP contribution in [0.2, 0.25) is 0 Å². The first-order chi connectivity index (χ1) is 7.07. The number of nitrogens with zero attached hydrogens (tertiary/aromatic N) is 1. The lowest BCUT2D eigenvalue weighted by Crippen LogP contribution is -2.44. The van der Waals surface area contributed by atoms with Gasteiger partial charge in [-0.15, -0.1) is 0 Å². The van der Waals surface area contributed by atoms with Crippen LogP contribution >= 0.6 is 15.9 Å². The van der Waals surface area contributed by atoms with Crippen LogP contribution in [0.3, 0.4) is 0 Å². The lowest BCUT2D eigenvalue weighted by molar-refractivity contribution is 0.208. The van der Waals surface area contributed by atoms with Gasteiger partial charge in [-0.3, -0.25) is 0 Å². The summed E-state index contributed by atoms with van der Waals surface area (Å²) in [5, 5.41) is 0. The third kappa shape index (κ3) is 4.80. The van der Waals surface area contributed by atoms with Gasteiger partial charge in [-0.25, -0.2) is 13.1 Å². The van der Waals surface area contributed by atoms with Crippen LogP contribution in [0.25, 0.3) is 0 Å². The van der Waals surface area contributed by atoms with E-state index in [4.69, 9.17) is 0 Å². The Morgan fingerprint density at radius 1 is 1.40 bits per heavy atom. The molecule has 6 heteroatoms. The van der Waals surface area contributed by atoms with Gasteiger partial charge in [0.15, 0.2) is 0 Å². The number of halogens is 1. The number of piperidine rings is 1. The van der Waals surface area contributed by atoms with Crippen LogP contribution in [0.1, 0.15) is 26.2 Å². The molecule has 90 valence electrons. The fourth-order valence-electron chi connectivity index (χ4n) is 1.88. The molecule has 0 radical (unpaired) electrons. The van der Waals surface area contributed by atoms with E-state index in [1.807, 2.05) is 0 Å². The van der Waals surface area contributed by atoms with Gasteiger partial charge in [-0.1, -0.05) is 22.9 Å². The first kappa shape index (κ1) is 13.4. The number of hydrogen-bond donors (Lipinski definition) is 1. The molecule has 0 bridgehead atoms. The predicted octanol–water partition coefficient (Wildman–Crippen LogP) is 1.13. The third-order valence-electron chi connectivity index (χ3n) is 2.62. The van der Waals surface area contributed by atoms with Crippen molar-refractivity contribution in [3.63, 3.8) is 0 Å². The smallest absolute Gasteiger partial charge is 0.221 e. The molecule has 1 N–H and O–H groups in total. The summed E-state index contributed by atoms with van der Waals surface area (Å²) in [5.74, 6) is 0. The quantitative estimate of drug-likeness (QED) is 0.774. The van der Waals surface area contributed by atoms with Crippen LogP contribution in [-0.4, -0.2) is 43.7 Å². The van der Waals surface area contributed by atoms with Crippen molar-refractivity contribution in [1.82, 2.24) is 9.62 Å². The van der Waals surface area contributed by atoms with Gasteiger partial charge in [-0.2, -0.15) is 0 Å². The molecule has 1 rings (SSSR count). The maximum Gasteiger partial charge on any atom is 0.221 e. The van der Waals surface area contributed by atoms with Crippen LogP contribution in [-0.2, 0) is 10.0 Å². The second-order valence-electron chi connectivity index (χ2n) is 3.96. The highest BCUT2D eigenvalue weighted by atomic mass is 79.9. The van der Waals surface area contributed by atoms with Crippen LogP contribution in [0.5, 0.6) is 0 Å². The molecular formula is C9H19BrN2O2S. The normalized spacial score (nSPS) is 20.7. The summed E-state index contributed by atoms with van der Waals surface area (Å²) in [5.41, 5.74) is 0. The van der Waals surface area contributed by atoms with Crippen LogP contribution < -0.4 is 4.72 Å². The van der Waals surface area contributed by atoms with Crippen molar-refractivity contribution in [2.24, 2.45) is 0 Å². The Kier molecular flexibility index (Phi) is 5.52. The minimum atomic E-state index is -3.10. The number of hydrogen-bond acceptors (Lipinski definition) is 3. The second kappa shape index (κ2) is 6.18. The molecule has 1 heterocycles. The van der Waals surface area contributed by atoms with Crippen molar-refractivity contribution in [3.8, 4) is 0 Å². The Balaban J connectivity index is 2.32. The highest BCUT2D eigenvalue weighted by Gasteiger charge is 2.22. The standard InChI is InChI=1S/C9H19BrN2O2S/c1-2-5-12-6-3-9(4-7-12)11-15(13,14)8-10/h9,11H,2-8H2,1H3. The van der Waals surface area contributed by atoms with Gasteiger partial charge >= 0.3 is 0 Å². The fraction of sp³-hybridized carbons (Fsp3) is 1.00. The van der Waals surface area contributed by atoms with Gasteiger partial charge in [0, 0.05) is 6.04 Å². The van der Waals surface area contributed by atoms with E-state index in [9.17, 15) is 8.42 Å². The van der Waals surface area contributed by atoms with Gasteiger partial charge in [0.2, 0.25) is 10.0 Å². The Bertz CT molecular complexity index is 274. The molecule has 0 saturated carbocycles. The zero-order valence-electron chi connectivity index (χ0n) is 9.08. The molecule has 1 saturated heterocycles. The summed E-state index contributed by atoms with van der Waals surface area (Å²) < 4.78 is 25.3. The first-order valence-electron chi connectivity index (χ1n) is 5.35. The van der Waals surface area contributed by atoms with E-state index in [2.05, 4.69) is 32.5 Å². The highest BCUT2D eigenvalue weighted by Crippen LogP contribution is 2.11. The SMILES string of the molecule is CCCN1CCC(NS(=O)(=O)CBr)CC1. The number of rotatable bonds is 5. The largest absolute Gasteiger partial charge is 0.303 e. The van der Waals surface area contributed by atoms with Crippen LogP contribution in [0.4, 0.5) is 0 Å². The van der Waals surface area contributed by atoms with Crippen LogP contribution in [0, 0.1) is 0 Å². The fourth-order valence-corrected chi connectivity index (χ4v) is 3.08. The summed E-state index contributed by atoms with van der Waals surface area (Å²) in [4.78, 5) is 2.39. The van der Waals surface area contributed by atoms with E-state index in [0.29, 0.717) is 0 Å². The zero-order chi connectivity index (χ0) is 11.3. The highest BCUT2D eigenvalue weighted by molar-refractivity contribution is 9.10. The maximum atomic E-state index is 11.3. The monoisotopic (exact) mass is 298 g/mol. The van der Waals surface area contributed by atoms with Gasteiger partial charge in [0.25, 0.3) is 0 Å². The van der Waals surface area contributed by atoms with E-state index in [0.717, 1.165) is 38.9 Å². The number of nitrogens with one attached hydrogen (secondary N) is 1. The predicted molar refractivity (Wildman–Crippen MR) is 65.6 cm³/mol. The van der Waals surface area contributed by atoms with E-state index in [1.54, 1.807) is 0 Å². The summed E-state index contributed by atoms with van der Waals surface area (Å²) >= 11 is 2.97. The molecule has 15 heavy (non-hydrogen) atoms. The lowest BCUT2D eigenvalue weighted by Gasteiger charge is -2.31. The van der Waals surface area contributed by atoms with Gasteiger partial charge < -0.3 is 4.90 Å². The van der Waals surface area contributed by atoms with E-state index < -0.39 is 10.0 Å². The van der Waals surface area contributed by atoms with Crippen molar-refractivity contribution < 1.29 is 8.42 Å². The molecule has 4 nitrogen and oxygen atoms in total. The average Bonchev–Trinajstić information content (AvgIpc) is 2.21. The molecule has 0 amide bonds. The van der Waals surface area contributed by atoms with Gasteiger partial charge in [0.1, 0.15) is 4.66 Å². The van der Waals surface area contributed by atoms with Crippen molar-refractivity contribution in [3.05, 3.63) is 0 Å². The molecule has 1 aliphatic rings. The Morgan fingerprint density at radius 3 is 2.47 bits per heavy atom. The summed E-state index contributed by atoms with van der Waals surface area (Å²) in [6, 6.07) is 0.126. The lowest BCUT2D eigenvalue weighted by atomic mass is 10.1.